The number of benzene rings is 1. The molecular formula is C41H54N2O4. The Morgan fingerprint density at radius 2 is 1.64 bits per heavy atom. The van der Waals surface area contributed by atoms with E-state index in [4.69, 9.17) is 4.74 Å². The number of aromatic nitrogens is 1. The number of allylic oxidation sites excluding steroid dienone is 1. The lowest BCUT2D eigenvalue weighted by molar-refractivity contribution is -0.232. The number of amides is 1. The van der Waals surface area contributed by atoms with Gasteiger partial charge in [0, 0.05) is 35.7 Å². The normalized spacial score (nSPS) is 39.1. The van der Waals surface area contributed by atoms with Crippen LogP contribution < -0.4 is 5.32 Å². The van der Waals surface area contributed by atoms with E-state index in [1.807, 2.05) is 30.5 Å². The van der Waals surface area contributed by atoms with Crippen LogP contribution in [-0.2, 0) is 19.1 Å². The van der Waals surface area contributed by atoms with Gasteiger partial charge in [-0.1, -0.05) is 72.7 Å². The van der Waals surface area contributed by atoms with Gasteiger partial charge >= 0.3 is 5.97 Å². The highest BCUT2D eigenvalue weighted by Gasteiger charge is 2.71. The van der Waals surface area contributed by atoms with Crippen LogP contribution in [0.25, 0.3) is 10.8 Å². The smallest absolute Gasteiger partial charge is 0.302 e. The molecule has 1 amide bonds. The summed E-state index contributed by atoms with van der Waals surface area (Å²) in [4.78, 5) is 45.2. The van der Waals surface area contributed by atoms with Crippen LogP contribution in [0.4, 0.5) is 5.69 Å². The number of hydrogen-bond donors (Lipinski definition) is 1. The van der Waals surface area contributed by atoms with Crippen molar-refractivity contribution in [1.82, 2.24) is 4.98 Å². The maximum absolute atomic E-state index is 14.7. The molecule has 2 aromatic rings. The van der Waals surface area contributed by atoms with Crippen molar-refractivity contribution in [2.75, 3.05) is 5.32 Å². The zero-order chi connectivity index (χ0) is 33.7. The number of esters is 1. The highest BCUT2D eigenvalue weighted by molar-refractivity contribution is 6.11. The SMILES string of the molecule is CC(=O)O[C@H]1CC[C@]2(C)[C@H]3CC[C@@H]4C5=C(C(C)C)C(=O)C[C@]5(C(=O)Nc5cncc6ccccc56)CC[C@@]4(C)[C@]3(C)CC[C@H]2C1(C)C. The monoisotopic (exact) mass is 638 g/mol. The summed E-state index contributed by atoms with van der Waals surface area (Å²) in [5, 5.41) is 5.27. The van der Waals surface area contributed by atoms with Crippen molar-refractivity contribution in [2.24, 2.45) is 50.7 Å². The number of carbonyl (C=O) groups excluding carboxylic acids is 3. The number of Topliss-reactive ketones (excluding diaryl/α,β-unsaturated/α-hetero) is 1. The second-order valence-corrected chi connectivity index (χ2v) is 17.6. The minimum atomic E-state index is -0.813. The third-order valence-electron chi connectivity index (χ3n) is 15.0. The highest BCUT2D eigenvalue weighted by atomic mass is 16.5. The standard InChI is InChI=1S/C41H54N2O4/c1-24(2)34-30(45)21-41(36(46)43-29-23-42-22-26-11-9-10-12-27(26)29)20-19-39(7)28(35(34)41)13-14-32-38(6)17-16-33(47-25(3)44)37(4,5)31(38)15-18-40(32,39)8/h9-12,22-24,28,31-33H,13-21H2,1-8H3,(H,43,46)/t28-,31+,32-,33+,38+,39-,40-,41-/m1/s1. The van der Waals surface area contributed by atoms with Crippen LogP contribution in [0.5, 0.6) is 0 Å². The van der Waals surface area contributed by atoms with Gasteiger partial charge in [0.05, 0.1) is 17.3 Å². The maximum Gasteiger partial charge on any atom is 0.302 e. The molecule has 47 heavy (non-hydrogen) atoms. The molecule has 0 unspecified atom stereocenters. The van der Waals surface area contributed by atoms with Crippen LogP contribution in [0.3, 0.4) is 0 Å². The molecule has 6 heteroatoms. The Morgan fingerprint density at radius 3 is 2.36 bits per heavy atom. The predicted molar refractivity (Wildman–Crippen MR) is 185 cm³/mol. The van der Waals surface area contributed by atoms with Gasteiger partial charge in [0.2, 0.25) is 5.91 Å². The highest BCUT2D eigenvalue weighted by Crippen LogP contribution is 2.76. The minimum Gasteiger partial charge on any atom is -0.462 e. The zero-order valence-corrected chi connectivity index (χ0v) is 29.8. The Labute approximate surface area is 280 Å². The summed E-state index contributed by atoms with van der Waals surface area (Å²) in [6, 6.07) is 8.02. The van der Waals surface area contributed by atoms with Crippen molar-refractivity contribution >= 4 is 34.1 Å². The fourth-order valence-electron chi connectivity index (χ4n) is 12.7. The molecule has 0 saturated heterocycles. The summed E-state index contributed by atoms with van der Waals surface area (Å²) < 4.78 is 5.94. The largest absolute Gasteiger partial charge is 0.462 e. The van der Waals surface area contributed by atoms with Crippen molar-refractivity contribution in [3.8, 4) is 0 Å². The van der Waals surface area contributed by atoms with E-state index in [-0.39, 0.29) is 63.7 Å². The van der Waals surface area contributed by atoms with Crippen LogP contribution >= 0.6 is 0 Å². The van der Waals surface area contributed by atoms with Gasteiger partial charge in [0.25, 0.3) is 0 Å². The van der Waals surface area contributed by atoms with Crippen LogP contribution in [0, 0.1) is 50.7 Å². The first-order valence-corrected chi connectivity index (χ1v) is 18.2. The lowest BCUT2D eigenvalue weighted by Gasteiger charge is -2.72. The molecule has 1 N–H and O–H groups in total. The van der Waals surface area contributed by atoms with E-state index in [0.717, 1.165) is 67.0 Å². The topological polar surface area (TPSA) is 85.4 Å². The molecule has 0 aliphatic heterocycles. The number of anilines is 1. The molecule has 7 rings (SSSR count). The molecule has 1 heterocycles. The molecule has 1 aromatic heterocycles. The number of rotatable bonds is 4. The van der Waals surface area contributed by atoms with E-state index in [2.05, 4.69) is 58.8 Å². The molecule has 0 radical (unpaired) electrons. The average molecular weight is 639 g/mol. The maximum atomic E-state index is 14.7. The summed E-state index contributed by atoms with van der Waals surface area (Å²) in [6.07, 6.45) is 11.8. The first-order chi connectivity index (χ1) is 22.1. The van der Waals surface area contributed by atoms with Gasteiger partial charge in [-0.3, -0.25) is 19.4 Å². The first kappa shape index (κ1) is 32.5. The Bertz CT molecular complexity index is 1690. The Hall–Kier alpha value is -3.02. The van der Waals surface area contributed by atoms with Crippen molar-refractivity contribution in [3.05, 3.63) is 47.8 Å². The molecule has 0 spiro atoms. The summed E-state index contributed by atoms with van der Waals surface area (Å²) in [5.74, 6) is 1.24. The summed E-state index contributed by atoms with van der Waals surface area (Å²) >= 11 is 0. The van der Waals surface area contributed by atoms with E-state index in [9.17, 15) is 14.4 Å². The quantitative estimate of drug-likeness (QED) is 0.338. The van der Waals surface area contributed by atoms with E-state index in [0.29, 0.717) is 18.3 Å². The molecule has 0 bridgehead atoms. The molecule has 252 valence electrons. The second kappa shape index (κ2) is 10.7. The first-order valence-electron chi connectivity index (χ1n) is 18.2. The number of fused-ring (bicyclic) bond motifs is 8. The fourth-order valence-corrected chi connectivity index (χ4v) is 12.7. The lowest BCUT2D eigenvalue weighted by atomic mass is 9.33. The minimum absolute atomic E-state index is 0.0222. The Morgan fingerprint density at radius 1 is 0.894 bits per heavy atom. The molecule has 4 saturated carbocycles. The molecule has 8 atom stereocenters. The molecule has 1 aromatic carbocycles. The third kappa shape index (κ3) is 4.41. The van der Waals surface area contributed by atoms with Crippen LogP contribution in [0.15, 0.2) is 47.8 Å². The van der Waals surface area contributed by atoms with Gasteiger partial charge in [-0.05, 0) is 102 Å². The van der Waals surface area contributed by atoms with Crippen molar-refractivity contribution in [1.29, 1.82) is 0 Å². The van der Waals surface area contributed by atoms with E-state index in [1.165, 1.54) is 5.57 Å². The summed E-state index contributed by atoms with van der Waals surface area (Å²) in [7, 11) is 0. The molecule has 4 fully saturated rings. The molecule has 6 nitrogen and oxygen atoms in total. The predicted octanol–water partition coefficient (Wildman–Crippen LogP) is 9.09. The number of carbonyl (C=O) groups is 3. The molecular weight excluding hydrogens is 584 g/mol. The van der Waals surface area contributed by atoms with Crippen molar-refractivity contribution in [3.63, 3.8) is 0 Å². The Kier molecular flexibility index (Phi) is 7.43. The number of hydrogen-bond acceptors (Lipinski definition) is 5. The Balaban J connectivity index is 1.27. The lowest BCUT2D eigenvalue weighted by Crippen LogP contribution is -2.66. The van der Waals surface area contributed by atoms with Gasteiger partial charge < -0.3 is 10.1 Å². The van der Waals surface area contributed by atoms with E-state index >= 15 is 0 Å². The number of pyridine rings is 1. The molecule has 5 aliphatic rings. The fraction of sp³-hybridized carbons (Fsp3) is 0.659. The number of ether oxygens (including phenoxy) is 1. The van der Waals surface area contributed by atoms with Gasteiger partial charge in [0.1, 0.15) is 6.10 Å². The van der Waals surface area contributed by atoms with Crippen LogP contribution in [0.1, 0.15) is 113 Å². The van der Waals surface area contributed by atoms with E-state index < -0.39 is 5.41 Å². The van der Waals surface area contributed by atoms with Crippen molar-refractivity contribution in [2.45, 2.75) is 119 Å². The van der Waals surface area contributed by atoms with Gasteiger partial charge in [-0.2, -0.15) is 0 Å². The number of nitrogens with one attached hydrogen (secondary N) is 1. The van der Waals surface area contributed by atoms with Crippen molar-refractivity contribution < 1.29 is 19.1 Å². The van der Waals surface area contributed by atoms with Gasteiger partial charge in [-0.15, -0.1) is 0 Å². The molecule has 5 aliphatic carbocycles. The van der Waals surface area contributed by atoms with Gasteiger partial charge in [-0.25, -0.2) is 0 Å². The van der Waals surface area contributed by atoms with Gasteiger partial charge in [0.15, 0.2) is 5.78 Å². The van der Waals surface area contributed by atoms with E-state index in [1.54, 1.807) is 13.1 Å². The van der Waals surface area contributed by atoms with Crippen LogP contribution in [0.2, 0.25) is 0 Å². The summed E-state index contributed by atoms with van der Waals surface area (Å²) in [5.41, 5.74) is 2.12. The van der Waals surface area contributed by atoms with Crippen LogP contribution in [-0.4, -0.2) is 28.7 Å². The average Bonchev–Trinajstić information content (AvgIpc) is 3.32. The summed E-state index contributed by atoms with van der Waals surface area (Å²) in [6.45, 7) is 18.1. The second-order valence-electron chi connectivity index (χ2n) is 17.6. The zero-order valence-electron chi connectivity index (χ0n) is 29.8. The number of ketones is 1. The third-order valence-corrected chi connectivity index (χ3v) is 15.0. The number of nitrogens with zero attached hydrogens (tertiary/aromatic N) is 1.